The van der Waals surface area contributed by atoms with Crippen LogP contribution in [0.1, 0.15) is 15.9 Å². The second kappa shape index (κ2) is 4.83. The van der Waals surface area contributed by atoms with Crippen molar-refractivity contribution in [3.8, 4) is 0 Å². The van der Waals surface area contributed by atoms with Gasteiger partial charge in [-0.05, 0) is 30.7 Å². The predicted molar refractivity (Wildman–Crippen MR) is 66.2 cm³/mol. The zero-order chi connectivity index (χ0) is 13.1. The van der Waals surface area contributed by atoms with Gasteiger partial charge in [0.1, 0.15) is 11.4 Å². The second-order valence-electron chi connectivity index (χ2n) is 3.84. The van der Waals surface area contributed by atoms with E-state index >= 15 is 0 Å². The molecule has 18 heavy (non-hydrogen) atoms. The molecule has 1 aromatic carbocycles. The number of H-pyrrole nitrogens is 1. The van der Waals surface area contributed by atoms with Gasteiger partial charge in [-0.25, -0.2) is 4.39 Å². The number of benzene rings is 1. The average molecular weight is 246 g/mol. The van der Waals surface area contributed by atoms with Gasteiger partial charge in [-0.2, -0.15) is 0 Å². The highest BCUT2D eigenvalue weighted by Gasteiger charge is 2.11. The fraction of sp³-hybridized carbons (Fsp3) is 0.0769. The zero-order valence-electron chi connectivity index (χ0n) is 9.66. The minimum absolute atomic E-state index is 0.0150. The van der Waals surface area contributed by atoms with Crippen LogP contribution in [0.4, 0.5) is 10.1 Å². The number of aryl methyl sites for hydroxylation is 1. The van der Waals surface area contributed by atoms with Crippen molar-refractivity contribution < 1.29 is 9.18 Å². The molecule has 5 heteroatoms. The van der Waals surface area contributed by atoms with Crippen molar-refractivity contribution in [2.75, 3.05) is 5.32 Å². The Kier molecular flexibility index (Phi) is 3.23. The van der Waals surface area contributed by atoms with E-state index in [1.807, 2.05) is 0 Å². The summed E-state index contributed by atoms with van der Waals surface area (Å²) in [5, 5.41) is 2.57. The normalized spacial score (nSPS) is 10.1. The maximum atomic E-state index is 12.9. The van der Waals surface area contributed by atoms with Gasteiger partial charge in [0.25, 0.3) is 5.91 Å². The van der Waals surface area contributed by atoms with E-state index in [1.165, 1.54) is 36.7 Å². The topological polar surface area (TPSA) is 62.0 Å². The maximum Gasteiger partial charge on any atom is 0.261 e. The Labute approximate surface area is 102 Å². The van der Waals surface area contributed by atoms with Crippen molar-refractivity contribution in [1.29, 1.82) is 0 Å². The predicted octanol–water partition coefficient (Wildman–Crippen LogP) is 2.07. The smallest absolute Gasteiger partial charge is 0.261 e. The number of anilines is 1. The molecule has 0 saturated heterocycles. The molecule has 1 heterocycles. The Morgan fingerprint density at radius 2 is 2.11 bits per heavy atom. The molecule has 1 amide bonds. The molecule has 0 unspecified atom stereocenters. The van der Waals surface area contributed by atoms with Crippen molar-refractivity contribution in [3.63, 3.8) is 0 Å². The highest BCUT2D eigenvalue weighted by atomic mass is 19.1. The first kappa shape index (κ1) is 12.0. The summed E-state index contributed by atoms with van der Waals surface area (Å²) in [6.07, 6.45) is 2.78. The summed E-state index contributed by atoms with van der Waals surface area (Å²) in [6.45, 7) is 1.67. The fourth-order valence-electron chi connectivity index (χ4n) is 1.55. The summed E-state index contributed by atoms with van der Waals surface area (Å²) in [6, 6.07) is 5.29. The van der Waals surface area contributed by atoms with Gasteiger partial charge in [0, 0.05) is 24.1 Å². The molecule has 0 spiro atoms. The Morgan fingerprint density at radius 1 is 1.33 bits per heavy atom. The summed E-state index contributed by atoms with van der Waals surface area (Å²) in [5.41, 5.74) is 0.715. The lowest BCUT2D eigenvalue weighted by Gasteiger charge is -2.07. The van der Waals surface area contributed by atoms with E-state index in [9.17, 15) is 14.0 Å². The van der Waals surface area contributed by atoms with Gasteiger partial charge in [0.15, 0.2) is 5.43 Å². The van der Waals surface area contributed by atoms with Crippen LogP contribution in [0.15, 0.2) is 41.5 Å². The molecular formula is C13H11FN2O2. The summed E-state index contributed by atoms with van der Waals surface area (Å²) in [7, 11) is 0. The molecule has 0 aliphatic rings. The van der Waals surface area contributed by atoms with Crippen molar-refractivity contribution in [2.24, 2.45) is 0 Å². The molecule has 1 aromatic heterocycles. The van der Waals surface area contributed by atoms with Crippen LogP contribution < -0.4 is 10.7 Å². The number of carbonyl (C=O) groups is 1. The lowest BCUT2D eigenvalue weighted by Crippen LogP contribution is -2.21. The number of hydrogen-bond acceptors (Lipinski definition) is 2. The number of carbonyl (C=O) groups excluding carboxylic acids is 1. The Bertz CT molecular complexity index is 649. The van der Waals surface area contributed by atoms with Crippen LogP contribution >= 0.6 is 0 Å². The van der Waals surface area contributed by atoms with Gasteiger partial charge < -0.3 is 10.3 Å². The molecule has 2 rings (SSSR count). The third-order valence-corrected chi connectivity index (χ3v) is 2.51. The SMILES string of the molecule is Cc1cc(F)ccc1NC(=O)c1c[nH]ccc1=O. The Balaban J connectivity index is 2.27. The van der Waals surface area contributed by atoms with Crippen molar-refractivity contribution >= 4 is 11.6 Å². The van der Waals surface area contributed by atoms with Crippen LogP contribution in [0, 0.1) is 12.7 Å². The Hall–Kier alpha value is -2.43. The van der Waals surface area contributed by atoms with E-state index in [4.69, 9.17) is 0 Å². The number of aromatic nitrogens is 1. The first-order valence-electron chi connectivity index (χ1n) is 5.32. The van der Waals surface area contributed by atoms with Crippen molar-refractivity contribution in [1.82, 2.24) is 4.98 Å². The van der Waals surface area contributed by atoms with E-state index in [-0.39, 0.29) is 16.8 Å². The number of hydrogen-bond donors (Lipinski definition) is 2. The van der Waals surface area contributed by atoms with Crippen LogP contribution in [-0.2, 0) is 0 Å². The number of pyridine rings is 1. The van der Waals surface area contributed by atoms with Crippen LogP contribution in [0.25, 0.3) is 0 Å². The lowest BCUT2D eigenvalue weighted by atomic mass is 10.2. The molecule has 0 atom stereocenters. The molecule has 0 bridgehead atoms. The van der Waals surface area contributed by atoms with Crippen molar-refractivity contribution in [3.05, 3.63) is 63.8 Å². The molecule has 92 valence electrons. The number of nitrogens with one attached hydrogen (secondary N) is 2. The second-order valence-corrected chi connectivity index (χ2v) is 3.84. The average Bonchev–Trinajstić information content (AvgIpc) is 2.33. The summed E-state index contributed by atoms with van der Waals surface area (Å²) in [4.78, 5) is 26.0. The number of aromatic amines is 1. The Morgan fingerprint density at radius 3 is 2.78 bits per heavy atom. The largest absolute Gasteiger partial charge is 0.367 e. The molecule has 0 saturated carbocycles. The van der Waals surface area contributed by atoms with E-state index in [0.717, 1.165) is 0 Å². The number of halogens is 1. The molecule has 2 N–H and O–H groups in total. The van der Waals surface area contributed by atoms with Crippen LogP contribution in [0.5, 0.6) is 0 Å². The molecule has 4 nitrogen and oxygen atoms in total. The van der Waals surface area contributed by atoms with Gasteiger partial charge in [0.05, 0.1) is 0 Å². The van der Waals surface area contributed by atoms with Gasteiger partial charge >= 0.3 is 0 Å². The summed E-state index contributed by atoms with van der Waals surface area (Å²) in [5.74, 6) is -0.894. The minimum atomic E-state index is -0.522. The number of amides is 1. The first-order chi connectivity index (χ1) is 8.58. The van der Waals surface area contributed by atoms with Crippen LogP contribution in [0.3, 0.4) is 0 Å². The van der Waals surface area contributed by atoms with Gasteiger partial charge in [0.2, 0.25) is 0 Å². The van der Waals surface area contributed by atoms with E-state index in [0.29, 0.717) is 11.3 Å². The molecule has 0 fully saturated rings. The third kappa shape index (κ3) is 2.45. The first-order valence-corrected chi connectivity index (χ1v) is 5.32. The van der Waals surface area contributed by atoms with Gasteiger partial charge in [-0.1, -0.05) is 0 Å². The maximum absolute atomic E-state index is 12.9. The molecule has 0 aliphatic carbocycles. The summed E-state index contributed by atoms with van der Waals surface area (Å²) >= 11 is 0. The van der Waals surface area contributed by atoms with Crippen LogP contribution in [0.2, 0.25) is 0 Å². The standard InChI is InChI=1S/C13H11FN2O2/c1-8-6-9(14)2-3-11(8)16-13(18)10-7-15-5-4-12(10)17/h2-7H,1H3,(H,15,17)(H,16,18). The number of rotatable bonds is 2. The molecule has 0 aliphatic heterocycles. The molecule has 2 aromatic rings. The molecular weight excluding hydrogens is 235 g/mol. The quantitative estimate of drug-likeness (QED) is 0.852. The monoisotopic (exact) mass is 246 g/mol. The zero-order valence-corrected chi connectivity index (χ0v) is 9.66. The minimum Gasteiger partial charge on any atom is -0.367 e. The van der Waals surface area contributed by atoms with Gasteiger partial charge in [-0.3, -0.25) is 9.59 Å². The van der Waals surface area contributed by atoms with E-state index in [2.05, 4.69) is 10.3 Å². The highest BCUT2D eigenvalue weighted by Crippen LogP contribution is 2.16. The molecule has 0 radical (unpaired) electrons. The summed E-state index contributed by atoms with van der Waals surface area (Å²) < 4.78 is 12.9. The van der Waals surface area contributed by atoms with Crippen molar-refractivity contribution in [2.45, 2.75) is 6.92 Å². The third-order valence-electron chi connectivity index (χ3n) is 2.51. The highest BCUT2D eigenvalue weighted by molar-refractivity contribution is 6.04. The van der Waals surface area contributed by atoms with Gasteiger partial charge in [-0.15, -0.1) is 0 Å². The van der Waals surface area contributed by atoms with E-state index < -0.39 is 5.91 Å². The van der Waals surface area contributed by atoms with E-state index in [1.54, 1.807) is 6.92 Å². The lowest BCUT2D eigenvalue weighted by molar-refractivity contribution is 0.102. The fourth-order valence-corrected chi connectivity index (χ4v) is 1.55. The van der Waals surface area contributed by atoms with Crippen LogP contribution in [-0.4, -0.2) is 10.9 Å².